The SMILES string of the molecule is CN(C)c1cc(C(F)(F)F)nc(N2CCC[C@@H](c3n[nH]c(C4CC4)n3)C2)n1. The topological polar surface area (TPSA) is 73.8 Å². The van der Waals surface area contributed by atoms with Crippen LogP contribution in [-0.4, -0.2) is 52.3 Å². The molecule has 1 aliphatic carbocycles. The minimum absolute atomic E-state index is 0.0587. The van der Waals surface area contributed by atoms with Crippen molar-refractivity contribution in [2.45, 2.75) is 43.7 Å². The third kappa shape index (κ3) is 3.84. The first kappa shape index (κ1) is 18.0. The molecule has 1 aliphatic heterocycles. The summed E-state index contributed by atoms with van der Waals surface area (Å²) in [7, 11) is 3.33. The molecule has 27 heavy (non-hydrogen) atoms. The lowest BCUT2D eigenvalue weighted by Crippen LogP contribution is -2.36. The summed E-state index contributed by atoms with van der Waals surface area (Å²) in [6.07, 6.45) is -0.513. The molecule has 2 aliphatic rings. The predicted octanol–water partition coefficient (Wildman–Crippen LogP) is 2.94. The summed E-state index contributed by atoms with van der Waals surface area (Å²) in [5.74, 6) is 2.55. The molecule has 10 heteroatoms. The highest BCUT2D eigenvalue weighted by Gasteiger charge is 2.35. The molecule has 0 amide bonds. The fourth-order valence-electron chi connectivity index (χ4n) is 3.32. The Bertz CT molecular complexity index is 813. The first-order chi connectivity index (χ1) is 12.8. The van der Waals surface area contributed by atoms with Gasteiger partial charge in [0.2, 0.25) is 5.95 Å². The maximum Gasteiger partial charge on any atom is 0.433 e. The van der Waals surface area contributed by atoms with Crippen LogP contribution in [0.2, 0.25) is 0 Å². The van der Waals surface area contributed by atoms with E-state index in [0.29, 0.717) is 19.0 Å². The van der Waals surface area contributed by atoms with Crippen LogP contribution in [0.5, 0.6) is 0 Å². The number of H-pyrrole nitrogens is 1. The zero-order chi connectivity index (χ0) is 19.2. The molecule has 7 nitrogen and oxygen atoms in total. The van der Waals surface area contributed by atoms with Gasteiger partial charge in [0.05, 0.1) is 0 Å². The van der Waals surface area contributed by atoms with Crippen molar-refractivity contribution in [2.24, 2.45) is 0 Å². The molecule has 1 N–H and O–H groups in total. The summed E-state index contributed by atoms with van der Waals surface area (Å²) < 4.78 is 39.8. The van der Waals surface area contributed by atoms with Crippen molar-refractivity contribution in [1.29, 1.82) is 0 Å². The summed E-state index contributed by atoms with van der Waals surface area (Å²) in [6.45, 7) is 1.13. The van der Waals surface area contributed by atoms with Crippen LogP contribution >= 0.6 is 0 Å². The number of aromatic nitrogens is 5. The average Bonchev–Trinajstić information content (AvgIpc) is 3.37. The summed E-state index contributed by atoms with van der Waals surface area (Å²) in [5.41, 5.74) is -0.924. The number of piperidine rings is 1. The Balaban J connectivity index is 1.59. The van der Waals surface area contributed by atoms with E-state index in [2.05, 4.69) is 25.1 Å². The van der Waals surface area contributed by atoms with Crippen LogP contribution in [0.15, 0.2) is 6.07 Å². The van der Waals surface area contributed by atoms with Gasteiger partial charge in [-0.25, -0.2) is 9.97 Å². The zero-order valence-electron chi connectivity index (χ0n) is 15.3. The lowest BCUT2D eigenvalue weighted by molar-refractivity contribution is -0.141. The fourth-order valence-corrected chi connectivity index (χ4v) is 3.32. The van der Waals surface area contributed by atoms with Gasteiger partial charge in [-0.3, -0.25) is 5.10 Å². The molecule has 4 rings (SSSR count). The molecule has 0 aromatic carbocycles. The number of halogens is 3. The maximum atomic E-state index is 13.3. The van der Waals surface area contributed by atoms with Crippen molar-refractivity contribution in [1.82, 2.24) is 25.1 Å². The van der Waals surface area contributed by atoms with Crippen LogP contribution < -0.4 is 9.80 Å². The minimum atomic E-state index is -4.51. The highest BCUT2D eigenvalue weighted by atomic mass is 19.4. The lowest BCUT2D eigenvalue weighted by atomic mass is 9.97. The van der Waals surface area contributed by atoms with Crippen LogP contribution in [-0.2, 0) is 6.18 Å². The normalized spacial score (nSPS) is 20.8. The quantitative estimate of drug-likeness (QED) is 0.878. The largest absolute Gasteiger partial charge is 0.433 e. The monoisotopic (exact) mass is 381 g/mol. The van der Waals surface area contributed by atoms with Gasteiger partial charge in [0.25, 0.3) is 0 Å². The molecule has 1 saturated heterocycles. The highest BCUT2D eigenvalue weighted by Crippen LogP contribution is 2.39. The van der Waals surface area contributed by atoms with Gasteiger partial charge in [0, 0.05) is 45.1 Å². The molecule has 0 radical (unpaired) electrons. The van der Waals surface area contributed by atoms with Crippen LogP contribution in [0, 0.1) is 0 Å². The van der Waals surface area contributed by atoms with Crippen molar-refractivity contribution < 1.29 is 13.2 Å². The number of hydrogen-bond donors (Lipinski definition) is 1. The van der Waals surface area contributed by atoms with E-state index in [0.717, 1.165) is 43.4 Å². The van der Waals surface area contributed by atoms with Gasteiger partial charge in [0.1, 0.15) is 11.6 Å². The first-order valence-electron chi connectivity index (χ1n) is 9.12. The Morgan fingerprint density at radius 3 is 2.56 bits per heavy atom. The van der Waals surface area contributed by atoms with E-state index in [9.17, 15) is 13.2 Å². The standard InChI is InChI=1S/C17H22F3N7/c1-26(2)13-8-12(17(18,19)20)21-16(22-13)27-7-3-4-11(9-27)15-23-14(24-25-15)10-5-6-10/h8,10-11H,3-7,9H2,1-2H3,(H,23,24,25)/t11-/m1/s1. The third-order valence-corrected chi connectivity index (χ3v) is 5.00. The van der Waals surface area contributed by atoms with Crippen LogP contribution in [0.25, 0.3) is 0 Å². The Hall–Kier alpha value is -2.39. The van der Waals surface area contributed by atoms with E-state index in [1.165, 1.54) is 0 Å². The van der Waals surface area contributed by atoms with Crippen molar-refractivity contribution in [3.05, 3.63) is 23.4 Å². The number of aromatic amines is 1. The van der Waals surface area contributed by atoms with E-state index in [1.807, 2.05) is 4.90 Å². The van der Waals surface area contributed by atoms with Crippen molar-refractivity contribution in [2.75, 3.05) is 37.0 Å². The number of rotatable bonds is 4. The molecule has 0 unspecified atom stereocenters. The molecular weight excluding hydrogens is 359 g/mol. The van der Waals surface area contributed by atoms with Gasteiger partial charge in [-0.05, 0) is 25.7 Å². The lowest BCUT2D eigenvalue weighted by Gasteiger charge is -2.32. The average molecular weight is 381 g/mol. The predicted molar refractivity (Wildman–Crippen MR) is 93.9 cm³/mol. The Morgan fingerprint density at radius 1 is 1.11 bits per heavy atom. The van der Waals surface area contributed by atoms with E-state index in [-0.39, 0.29) is 17.7 Å². The smallest absolute Gasteiger partial charge is 0.363 e. The Morgan fingerprint density at radius 2 is 1.89 bits per heavy atom. The number of nitrogens with zero attached hydrogens (tertiary/aromatic N) is 6. The molecule has 2 aromatic heterocycles. The van der Waals surface area contributed by atoms with E-state index >= 15 is 0 Å². The molecule has 2 aromatic rings. The summed E-state index contributed by atoms with van der Waals surface area (Å²) in [5, 5.41) is 7.35. The van der Waals surface area contributed by atoms with E-state index < -0.39 is 11.9 Å². The van der Waals surface area contributed by atoms with E-state index in [4.69, 9.17) is 0 Å². The first-order valence-corrected chi connectivity index (χ1v) is 9.12. The number of hydrogen-bond acceptors (Lipinski definition) is 6. The van der Waals surface area contributed by atoms with Crippen molar-refractivity contribution >= 4 is 11.8 Å². The summed E-state index contributed by atoms with van der Waals surface area (Å²) in [4.78, 5) is 16.1. The number of alkyl halides is 3. The summed E-state index contributed by atoms with van der Waals surface area (Å²) in [6, 6.07) is 0.974. The van der Waals surface area contributed by atoms with Gasteiger partial charge < -0.3 is 9.80 Å². The van der Waals surface area contributed by atoms with Crippen LogP contribution in [0.4, 0.5) is 24.9 Å². The van der Waals surface area contributed by atoms with Crippen LogP contribution in [0.1, 0.15) is 54.9 Å². The maximum absolute atomic E-state index is 13.3. The Kier molecular flexibility index (Phi) is 4.43. The molecule has 0 bridgehead atoms. The third-order valence-electron chi connectivity index (χ3n) is 5.00. The molecule has 3 heterocycles. The van der Waals surface area contributed by atoms with Gasteiger partial charge in [-0.1, -0.05) is 0 Å². The second kappa shape index (κ2) is 6.65. The highest BCUT2D eigenvalue weighted by molar-refractivity contribution is 5.46. The molecular formula is C17H22F3N7. The number of nitrogens with one attached hydrogen (secondary N) is 1. The molecule has 0 spiro atoms. The van der Waals surface area contributed by atoms with Crippen molar-refractivity contribution in [3.63, 3.8) is 0 Å². The second-order valence-corrected chi connectivity index (χ2v) is 7.44. The molecule has 1 saturated carbocycles. The van der Waals surface area contributed by atoms with Crippen LogP contribution in [0.3, 0.4) is 0 Å². The molecule has 146 valence electrons. The fraction of sp³-hybridized carbons (Fsp3) is 0.647. The number of anilines is 2. The van der Waals surface area contributed by atoms with Gasteiger partial charge in [-0.15, -0.1) is 0 Å². The van der Waals surface area contributed by atoms with Gasteiger partial charge in [-0.2, -0.15) is 23.3 Å². The van der Waals surface area contributed by atoms with Gasteiger partial charge in [0.15, 0.2) is 11.5 Å². The van der Waals surface area contributed by atoms with Crippen molar-refractivity contribution in [3.8, 4) is 0 Å². The minimum Gasteiger partial charge on any atom is -0.363 e. The Labute approximate surface area is 155 Å². The second-order valence-electron chi connectivity index (χ2n) is 7.44. The zero-order valence-corrected chi connectivity index (χ0v) is 15.3. The molecule has 1 atom stereocenters. The van der Waals surface area contributed by atoms with Gasteiger partial charge >= 0.3 is 6.18 Å². The molecule has 2 fully saturated rings. The summed E-state index contributed by atoms with van der Waals surface area (Å²) >= 11 is 0. The van der Waals surface area contributed by atoms with E-state index in [1.54, 1.807) is 19.0 Å².